The number of carbonyl (C=O) groups is 2. The maximum absolute atomic E-state index is 12.8. The summed E-state index contributed by atoms with van der Waals surface area (Å²) in [6, 6.07) is 12.9. The maximum atomic E-state index is 12.8. The van der Waals surface area contributed by atoms with Crippen LogP contribution in [0.25, 0.3) is 0 Å². The fraction of sp³-hybridized carbons (Fsp3) is 0.517. The molecule has 5 heteroatoms. The second-order valence-corrected chi connectivity index (χ2v) is 8.96. The van der Waals surface area contributed by atoms with E-state index in [2.05, 4.69) is 24.5 Å². The number of nitrogens with one attached hydrogen (secondary N) is 2. The van der Waals surface area contributed by atoms with E-state index in [1.54, 1.807) is 12.1 Å². The van der Waals surface area contributed by atoms with Crippen molar-refractivity contribution in [3.05, 3.63) is 64.7 Å². The van der Waals surface area contributed by atoms with Gasteiger partial charge in [-0.1, -0.05) is 77.0 Å². The lowest BCUT2D eigenvalue weighted by atomic mass is 10.1. The summed E-state index contributed by atoms with van der Waals surface area (Å²) >= 11 is 0. The standard InChI is InChI=1S/C29H42N2O3/c1-4-6-8-9-10-11-12-20-34-22-24-14-17-25(18-15-24)29(33)31-27-21-26(16-13-23(27)3)28(32)30-19-7-5-2/h13-18,21H,4-12,19-20,22H2,1-3H3,(H,30,32)(H,31,33). The molecule has 0 saturated heterocycles. The summed E-state index contributed by atoms with van der Waals surface area (Å²) in [4.78, 5) is 25.1. The van der Waals surface area contributed by atoms with Gasteiger partial charge in [-0.15, -0.1) is 0 Å². The van der Waals surface area contributed by atoms with E-state index in [-0.39, 0.29) is 11.8 Å². The second kappa shape index (κ2) is 16.0. The number of hydrogen-bond acceptors (Lipinski definition) is 3. The van der Waals surface area contributed by atoms with Gasteiger partial charge >= 0.3 is 0 Å². The molecule has 0 aromatic heterocycles. The van der Waals surface area contributed by atoms with Gasteiger partial charge in [0.2, 0.25) is 0 Å². The van der Waals surface area contributed by atoms with Gasteiger partial charge in [0.05, 0.1) is 6.61 Å². The van der Waals surface area contributed by atoms with Crippen LogP contribution in [0, 0.1) is 6.92 Å². The number of amides is 2. The van der Waals surface area contributed by atoms with Gasteiger partial charge in [0.25, 0.3) is 11.8 Å². The van der Waals surface area contributed by atoms with E-state index in [1.165, 1.54) is 38.5 Å². The van der Waals surface area contributed by atoms with Crippen LogP contribution < -0.4 is 10.6 Å². The Bertz CT molecular complexity index is 877. The summed E-state index contributed by atoms with van der Waals surface area (Å²) in [7, 11) is 0. The molecular formula is C29H42N2O3. The van der Waals surface area contributed by atoms with Crippen LogP contribution in [-0.2, 0) is 11.3 Å². The minimum Gasteiger partial charge on any atom is -0.377 e. The van der Waals surface area contributed by atoms with Crippen molar-refractivity contribution >= 4 is 17.5 Å². The van der Waals surface area contributed by atoms with Gasteiger partial charge < -0.3 is 15.4 Å². The first-order chi connectivity index (χ1) is 16.5. The van der Waals surface area contributed by atoms with Gasteiger partial charge in [0, 0.05) is 30.0 Å². The van der Waals surface area contributed by atoms with Crippen molar-refractivity contribution in [3.63, 3.8) is 0 Å². The predicted molar refractivity (Wildman–Crippen MR) is 140 cm³/mol. The smallest absolute Gasteiger partial charge is 0.255 e. The zero-order valence-electron chi connectivity index (χ0n) is 21.3. The van der Waals surface area contributed by atoms with E-state index in [4.69, 9.17) is 4.74 Å². The zero-order valence-corrected chi connectivity index (χ0v) is 21.3. The van der Waals surface area contributed by atoms with Gasteiger partial charge in [0.15, 0.2) is 0 Å². The van der Waals surface area contributed by atoms with Crippen molar-refractivity contribution in [2.24, 2.45) is 0 Å². The summed E-state index contributed by atoms with van der Waals surface area (Å²) in [6.45, 7) is 8.23. The number of benzene rings is 2. The lowest BCUT2D eigenvalue weighted by molar-refractivity contribution is 0.0951. The third-order valence-corrected chi connectivity index (χ3v) is 5.94. The maximum Gasteiger partial charge on any atom is 0.255 e. The molecule has 186 valence electrons. The number of unbranched alkanes of at least 4 members (excludes halogenated alkanes) is 7. The Balaban J connectivity index is 1.79. The molecule has 0 aliphatic carbocycles. The molecule has 0 bridgehead atoms. The molecule has 0 spiro atoms. The van der Waals surface area contributed by atoms with Crippen LogP contribution in [-0.4, -0.2) is 25.0 Å². The fourth-order valence-corrected chi connectivity index (χ4v) is 3.68. The lowest BCUT2D eigenvalue weighted by Crippen LogP contribution is -2.24. The third-order valence-electron chi connectivity index (χ3n) is 5.94. The van der Waals surface area contributed by atoms with Crippen molar-refractivity contribution < 1.29 is 14.3 Å². The minimum absolute atomic E-state index is 0.121. The summed E-state index contributed by atoms with van der Waals surface area (Å²) in [6.07, 6.45) is 10.9. The number of rotatable bonds is 16. The Morgan fingerprint density at radius 1 is 0.765 bits per heavy atom. The van der Waals surface area contributed by atoms with Crippen LogP contribution in [0.15, 0.2) is 42.5 Å². The molecule has 0 radical (unpaired) electrons. The van der Waals surface area contributed by atoms with E-state index in [9.17, 15) is 9.59 Å². The topological polar surface area (TPSA) is 67.4 Å². The molecule has 2 aromatic carbocycles. The summed E-state index contributed by atoms with van der Waals surface area (Å²) in [5.74, 6) is -0.313. The molecule has 0 aliphatic rings. The van der Waals surface area contributed by atoms with Crippen molar-refractivity contribution in [1.82, 2.24) is 5.32 Å². The first kappa shape index (κ1) is 27.6. The second-order valence-electron chi connectivity index (χ2n) is 8.96. The van der Waals surface area contributed by atoms with E-state index < -0.39 is 0 Å². The van der Waals surface area contributed by atoms with E-state index >= 15 is 0 Å². The quantitative estimate of drug-likeness (QED) is 0.261. The van der Waals surface area contributed by atoms with Crippen molar-refractivity contribution in [2.45, 2.75) is 85.2 Å². The Morgan fingerprint density at radius 2 is 1.41 bits per heavy atom. The van der Waals surface area contributed by atoms with Crippen LogP contribution >= 0.6 is 0 Å². The Kier molecular flexibility index (Phi) is 13.0. The molecule has 0 heterocycles. The Morgan fingerprint density at radius 3 is 2.12 bits per heavy atom. The van der Waals surface area contributed by atoms with E-state index in [0.29, 0.717) is 30.0 Å². The number of anilines is 1. The van der Waals surface area contributed by atoms with Crippen LogP contribution in [0.1, 0.15) is 103 Å². The van der Waals surface area contributed by atoms with Gasteiger partial charge in [-0.2, -0.15) is 0 Å². The van der Waals surface area contributed by atoms with Crippen LogP contribution in [0.5, 0.6) is 0 Å². The highest BCUT2D eigenvalue weighted by atomic mass is 16.5. The van der Waals surface area contributed by atoms with Gasteiger partial charge in [-0.3, -0.25) is 9.59 Å². The average Bonchev–Trinajstić information content (AvgIpc) is 2.84. The third kappa shape index (κ3) is 10.1. The molecule has 0 atom stereocenters. The van der Waals surface area contributed by atoms with Gasteiger partial charge in [0.1, 0.15) is 0 Å². The largest absolute Gasteiger partial charge is 0.377 e. The fourth-order valence-electron chi connectivity index (χ4n) is 3.68. The SMILES string of the molecule is CCCCCCCCCOCc1ccc(C(=O)Nc2cc(C(=O)NCCCC)ccc2C)cc1. The minimum atomic E-state index is -0.192. The Hall–Kier alpha value is -2.66. The molecule has 0 aliphatic heterocycles. The van der Waals surface area contributed by atoms with Crippen molar-refractivity contribution in [1.29, 1.82) is 0 Å². The highest BCUT2D eigenvalue weighted by molar-refractivity contribution is 6.05. The number of ether oxygens (including phenoxy) is 1. The molecule has 0 fully saturated rings. The molecule has 34 heavy (non-hydrogen) atoms. The predicted octanol–water partition coefficient (Wildman–Crippen LogP) is 7.04. The number of hydrogen-bond donors (Lipinski definition) is 2. The number of carbonyl (C=O) groups excluding carboxylic acids is 2. The zero-order chi connectivity index (χ0) is 24.6. The van der Waals surface area contributed by atoms with Crippen molar-refractivity contribution in [2.75, 3.05) is 18.5 Å². The highest BCUT2D eigenvalue weighted by Gasteiger charge is 2.11. The van der Waals surface area contributed by atoms with Crippen LogP contribution in [0.2, 0.25) is 0 Å². The first-order valence-electron chi connectivity index (χ1n) is 12.9. The summed E-state index contributed by atoms with van der Waals surface area (Å²) < 4.78 is 5.79. The highest BCUT2D eigenvalue weighted by Crippen LogP contribution is 2.19. The number of aryl methyl sites for hydroxylation is 1. The first-order valence-corrected chi connectivity index (χ1v) is 12.9. The van der Waals surface area contributed by atoms with Gasteiger partial charge in [-0.25, -0.2) is 0 Å². The molecule has 2 aromatic rings. The van der Waals surface area contributed by atoms with Crippen molar-refractivity contribution in [3.8, 4) is 0 Å². The normalized spacial score (nSPS) is 10.8. The molecule has 2 rings (SSSR count). The monoisotopic (exact) mass is 466 g/mol. The molecular weight excluding hydrogens is 424 g/mol. The molecule has 2 amide bonds. The summed E-state index contributed by atoms with van der Waals surface area (Å²) in [5, 5.41) is 5.86. The molecule has 0 saturated carbocycles. The molecule has 2 N–H and O–H groups in total. The lowest BCUT2D eigenvalue weighted by Gasteiger charge is -2.11. The molecule has 5 nitrogen and oxygen atoms in total. The average molecular weight is 467 g/mol. The van der Waals surface area contributed by atoms with E-state index in [1.807, 2.05) is 37.3 Å². The molecule has 0 unspecified atom stereocenters. The Labute approximate surface area is 205 Å². The van der Waals surface area contributed by atoms with Crippen LogP contribution in [0.3, 0.4) is 0 Å². The van der Waals surface area contributed by atoms with E-state index in [0.717, 1.165) is 37.0 Å². The summed E-state index contributed by atoms with van der Waals surface area (Å²) in [5.41, 5.74) is 3.74. The van der Waals surface area contributed by atoms with Gasteiger partial charge in [-0.05, 0) is 55.2 Å². The van der Waals surface area contributed by atoms with Crippen LogP contribution in [0.4, 0.5) is 5.69 Å².